The van der Waals surface area contributed by atoms with Crippen molar-refractivity contribution in [2.24, 2.45) is 5.14 Å². The average molecular weight is 312 g/mol. The fourth-order valence-corrected chi connectivity index (χ4v) is 3.12. The molecule has 0 saturated carbocycles. The van der Waals surface area contributed by atoms with Crippen LogP contribution < -0.4 is 10.9 Å². The molecule has 3 aromatic rings. The molecule has 5 heteroatoms. The van der Waals surface area contributed by atoms with E-state index in [1.807, 2.05) is 37.3 Å². The third-order valence-electron chi connectivity index (χ3n) is 3.79. The topological polar surface area (TPSA) is 86.2 Å². The summed E-state index contributed by atoms with van der Waals surface area (Å²) in [5, 5.41) is 7.17. The Balaban J connectivity index is 2.25. The zero-order valence-corrected chi connectivity index (χ0v) is 12.9. The summed E-state index contributed by atoms with van der Waals surface area (Å²) in [4.78, 5) is 0.104. The van der Waals surface area contributed by atoms with E-state index >= 15 is 0 Å². The molecule has 4 N–H and O–H groups in total. The standard InChI is InChI=1S/C17H16N2O2S/c1-11-10-16(14-4-2-3-5-15(14)17(11)18)12-6-8-13(9-7-12)22(19,20)21/h2-10H,18H2,1H3,(H2,19,20,21). The van der Waals surface area contributed by atoms with Crippen LogP contribution in [0, 0.1) is 6.92 Å². The van der Waals surface area contributed by atoms with Gasteiger partial charge in [0.1, 0.15) is 0 Å². The van der Waals surface area contributed by atoms with Gasteiger partial charge >= 0.3 is 0 Å². The van der Waals surface area contributed by atoms with Crippen molar-refractivity contribution >= 4 is 26.5 Å². The summed E-state index contributed by atoms with van der Waals surface area (Å²) < 4.78 is 22.7. The lowest BCUT2D eigenvalue weighted by Gasteiger charge is -2.12. The first-order valence-electron chi connectivity index (χ1n) is 6.79. The lowest BCUT2D eigenvalue weighted by molar-refractivity contribution is 0.598. The zero-order valence-electron chi connectivity index (χ0n) is 12.1. The molecule has 0 heterocycles. The third-order valence-corrected chi connectivity index (χ3v) is 4.72. The summed E-state index contributed by atoms with van der Waals surface area (Å²) in [5.74, 6) is 0. The molecule has 0 bridgehead atoms. The highest BCUT2D eigenvalue weighted by Gasteiger charge is 2.11. The molecule has 22 heavy (non-hydrogen) atoms. The van der Waals surface area contributed by atoms with Gasteiger partial charge in [0.25, 0.3) is 0 Å². The van der Waals surface area contributed by atoms with Crippen LogP contribution in [0.25, 0.3) is 21.9 Å². The molecule has 112 valence electrons. The van der Waals surface area contributed by atoms with E-state index < -0.39 is 10.0 Å². The highest BCUT2D eigenvalue weighted by atomic mass is 32.2. The van der Waals surface area contributed by atoms with Gasteiger partial charge < -0.3 is 5.73 Å². The molecule has 0 radical (unpaired) electrons. The number of nitrogens with two attached hydrogens (primary N) is 2. The SMILES string of the molecule is Cc1cc(-c2ccc(S(N)(=O)=O)cc2)c2ccccc2c1N. The summed E-state index contributed by atoms with van der Waals surface area (Å²) in [5.41, 5.74) is 9.84. The van der Waals surface area contributed by atoms with Gasteiger partial charge in [-0.3, -0.25) is 0 Å². The number of hydrogen-bond donors (Lipinski definition) is 2. The Morgan fingerprint density at radius 3 is 2.09 bits per heavy atom. The smallest absolute Gasteiger partial charge is 0.238 e. The average Bonchev–Trinajstić information content (AvgIpc) is 2.50. The van der Waals surface area contributed by atoms with Gasteiger partial charge in [-0.2, -0.15) is 0 Å². The predicted molar refractivity (Wildman–Crippen MR) is 89.9 cm³/mol. The van der Waals surface area contributed by atoms with Crippen LogP contribution in [0.1, 0.15) is 5.56 Å². The summed E-state index contributed by atoms with van der Waals surface area (Å²) in [6, 6.07) is 16.5. The maximum absolute atomic E-state index is 11.4. The first-order valence-corrected chi connectivity index (χ1v) is 8.33. The van der Waals surface area contributed by atoms with Crippen molar-refractivity contribution in [3.63, 3.8) is 0 Å². The van der Waals surface area contributed by atoms with Crippen LogP contribution in [0.4, 0.5) is 5.69 Å². The maximum Gasteiger partial charge on any atom is 0.238 e. The van der Waals surface area contributed by atoms with Crippen molar-refractivity contribution in [3.8, 4) is 11.1 Å². The van der Waals surface area contributed by atoms with E-state index in [0.717, 1.165) is 33.2 Å². The molecular formula is C17H16N2O2S. The summed E-state index contributed by atoms with van der Waals surface area (Å²) in [7, 11) is -3.68. The van der Waals surface area contributed by atoms with Crippen LogP contribution in [0.15, 0.2) is 59.5 Å². The number of rotatable bonds is 2. The minimum Gasteiger partial charge on any atom is -0.398 e. The molecule has 0 fully saturated rings. The van der Waals surface area contributed by atoms with Gasteiger partial charge in [0, 0.05) is 11.1 Å². The van der Waals surface area contributed by atoms with Crippen LogP contribution in [0.5, 0.6) is 0 Å². The molecule has 4 nitrogen and oxygen atoms in total. The van der Waals surface area contributed by atoms with Crippen molar-refractivity contribution in [1.82, 2.24) is 0 Å². The van der Waals surface area contributed by atoms with E-state index in [2.05, 4.69) is 0 Å². The summed E-state index contributed by atoms with van der Waals surface area (Å²) in [6.45, 7) is 1.96. The summed E-state index contributed by atoms with van der Waals surface area (Å²) in [6.07, 6.45) is 0. The molecule has 0 amide bonds. The Morgan fingerprint density at radius 1 is 0.909 bits per heavy atom. The first-order chi connectivity index (χ1) is 10.4. The molecule has 0 spiro atoms. The van der Waals surface area contributed by atoms with Crippen LogP contribution in [0.2, 0.25) is 0 Å². The summed E-state index contributed by atoms with van der Waals surface area (Å²) >= 11 is 0. The number of sulfonamides is 1. The van der Waals surface area contributed by atoms with Gasteiger partial charge in [0.2, 0.25) is 10.0 Å². The van der Waals surface area contributed by atoms with Crippen LogP contribution >= 0.6 is 0 Å². The monoisotopic (exact) mass is 312 g/mol. The van der Waals surface area contributed by atoms with Crippen LogP contribution in [0.3, 0.4) is 0 Å². The van der Waals surface area contributed by atoms with Gasteiger partial charge in [0.05, 0.1) is 4.90 Å². The third kappa shape index (κ3) is 2.45. The van der Waals surface area contributed by atoms with Gasteiger partial charge in [-0.25, -0.2) is 13.6 Å². The van der Waals surface area contributed by atoms with E-state index in [1.165, 1.54) is 12.1 Å². The van der Waals surface area contributed by atoms with E-state index in [4.69, 9.17) is 10.9 Å². The number of fused-ring (bicyclic) bond motifs is 1. The lowest BCUT2D eigenvalue weighted by Crippen LogP contribution is -2.11. The fraction of sp³-hybridized carbons (Fsp3) is 0.0588. The lowest BCUT2D eigenvalue weighted by atomic mass is 9.94. The second-order valence-corrected chi connectivity index (χ2v) is 6.83. The Kier molecular flexibility index (Phi) is 3.39. The van der Waals surface area contributed by atoms with Gasteiger partial charge in [-0.1, -0.05) is 36.4 Å². The molecular weight excluding hydrogens is 296 g/mol. The zero-order chi connectivity index (χ0) is 15.9. The van der Waals surface area contributed by atoms with E-state index in [-0.39, 0.29) is 4.90 Å². The molecule has 0 aliphatic rings. The molecule has 0 aromatic heterocycles. The minimum absolute atomic E-state index is 0.104. The molecule has 3 aromatic carbocycles. The molecule has 3 rings (SSSR count). The molecule has 0 aliphatic heterocycles. The predicted octanol–water partition coefficient (Wildman–Crippen LogP) is 3.04. The van der Waals surface area contributed by atoms with Crippen molar-refractivity contribution in [2.75, 3.05) is 5.73 Å². The highest BCUT2D eigenvalue weighted by Crippen LogP contribution is 2.34. The molecule has 0 saturated heterocycles. The van der Waals surface area contributed by atoms with E-state index in [0.29, 0.717) is 0 Å². The number of hydrogen-bond acceptors (Lipinski definition) is 3. The molecule has 0 aliphatic carbocycles. The van der Waals surface area contributed by atoms with Gasteiger partial charge in [0.15, 0.2) is 0 Å². The second-order valence-electron chi connectivity index (χ2n) is 5.27. The van der Waals surface area contributed by atoms with Crippen molar-refractivity contribution in [3.05, 3.63) is 60.2 Å². The fourth-order valence-electron chi connectivity index (χ4n) is 2.60. The van der Waals surface area contributed by atoms with Crippen LogP contribution in [-0.2, 0) is 10.0 Å². The number of anilines is 1. The number of primary sulfonamides is 1. The largest absolute Gasteiger partial charge is 0.398 e. The van der Waals surface area contributed by atoms with E-state index in [9.17, 15) is 8.42 Å². The Morgan fingerprint density at radius 2 is 1.50 bits per heavy atom. The second kappa shape index (κ2) is 5.12. The quantitative estimate of drug-likeness (QED) is 0.713. The Hall–Kier alpha value is -2.37. The first kappa shape index (κ1) is 14.6. The molecule has 0 unspecified atom stereocenters. The number of benzene rings is 3. The van der Waals surface area contributed by atoms with Crippen molar-refractivity contribution in [2.45, 2.75) is 11.8 Å². The molecule has 0 atom stereocenters. The van der Waals surface area contributed by atoms with Crippen LogP contribution in [-0.4, -0.2) is 8.42 Å². The highest BCUT2D eigenvalue weighted by molar-refractivity contribution is 7.89. The normalized spacial score (nSPS) is 11.7. The number of aryl methyl sites for hydroxylation is 1. The minimum atomic E-state index is -3.68. The Labute approximate surface area is 129 Å². The maximum atomic E-state index is 11.4. The van der Waals surface area contributed by atoms with Crippen molar-refractivity contribution in [1.29, 1.82) is 0 Å². The number of nitrogen functional groups attached to an aromatic ring is 1. The van der Waals surface area contributed by atoms with E-state index in [1.54, 1.807) is 12.1 Å². The van der Waals surface area contributed by atoms with Gasteiger partial charge in [-0.15, -0.1) is 0 Å². The Bertz CT molecular complexity index is 962. The van der Waals surface area contributed by atoms with Gasteiger partial charge in [-0.05, 0) is 47.2 Å². The van der Waals surface area contributed by atoms with Crippen molar-refractivity contribution < 1.29 is 8.42 Å².